The highest BCUT2D eigenvalue weighted by atomic mass is 35.5. The maximum Gasteiger partial charge on any atom is 0.193 e. The number of aliphatic imine (C=N–C) groups is 1. The van der Waals surface area contributed by atoms with E-state index in [1.165, 1.54) is 5.56 Å². The van der Waals surface area contributed by atoms with Gasteiger partial charge in [-0.05, 0) is 54.8 Å². The predicted octanol–water partition coefficient (Wildman–Crippen LogP) is 4.84. The number of benzene rings is 1. The van der Waals surface area contributed by atoms with Gasteiger partial charge in [-0.15, -0.1) is 0 Å². The fourth-order valence-corrected chi connectivity index (χ4v) is 2.19. The Morgan fingerprint density at radius 2 is 2.10 bits per heavy atom. The fourth-order valence-electron chi connectivity index (χ4n) is 2.04. The van der Waals surface area contributed by atoms with Crippen LogP contribution in [-0.4, -0.2) is 19.8 Å². The van der Waals surface area contributed by atoms with Gasteiger partial charge < -0.3 is 9.32 Å². The molecule has 1 heterocycles. The number of furan rings is 1. The Bertz CT molecular complexity index is 604. The first-order valence-electron chi connectivity index (χ1n) is 6.71. The molecule has 1 aromatic heterocycles. The van der Waals surface area contributed by atoms with Crippen molar-refractivity contribution >= 4 is 29.2 Å². The first-order chi connectivity index (χ1) is 9.60. The SMILES string of the molecule is CCCN(C)c1cc(C)ccc1N=Cc1ccc(Cl)o1. The second-order valence-electron chi connectivity index (χ2n) is 4.81. The van der Waals surface area contributed by atoms with Gasteiger partial charge in [0.15, 0.2) is 5.22 Å². The second kappa shape index (κ2) is 6.62. The number of rotatable bonds is 5. The van der Waals surface area contributed by atoms with Crippen LogP contribution in [0.4, 0.5) is 11.4 Å². The van der Waals surface area contributed by atoms with E-state index in [1.807, 2.05) is 6.07 Å². The highest BCUT2D eigenvalue weighted by Crippen LogP contribution is 2.29. The molecule has 0 fully saturated rings. The molecule has 0 radical (unpaired) electrons. The van der Waals surface area contributed by atoms with Crippen LogP contribution in [0.3, 0.4) is 0 Å². The Kier molecular flexibility index (Phi) is 4.85. The molecule has 0 saturated carbocycles. The predicted molar refractivity (Wildman–Crippen MR) is 85.7 cm³/mol. The number of hydrogen-bond acceptors (Lipinski definition) is 3. The van der Waals surface area contributed by atoms with E-state index in [-0.39, 0.29) is 0 Å². The van der Waals surface area contributed by atoms with Crippen LogP contribution in [-0.2, 0) is 0 Å². The molecule has 0 aliphatic heterocycles. The normalized spacial score (nSPS) is 11.2. The molecule has 3 nitrogen and oxygen atoms in total. The lowest BCUT2D eigenvalue weighted by Gasteiger charge is -2.20. The zero-order chi connectivity index (χ0) is 14.5. The standard InChI is InChI=1S/C16H19ClN2O/c1-4-9-19(3)15-10-12(2)5-7-14(15)18-11-13-6-8-16(17)20-13/h5-8,10-11H,4,9H2,1-3H3. The molecule has 0 unspecified atom stereocenters. The van der Waals surface area contributed by atoms with E-state index >= 15 is 0 Å². The third-order valence-corrected chi connectivity index (χ3v) is 3.23. The quantitative estimate of drug-likeness (QED) is 0.737. The molecule has 0 aliphatic rings. The molecule has 0 aliphatic carbocycles. The summed E-state index contributed by atoms with van der Waals surface area (Å²) in [6.07, 6.45) is 2.79. The van der Waals surface area contributed by atoms with Crippen LogP contribution >= 0.6 is 11.6 Å². The summed E-state index contributed by atoms with van der Waals surface area (Å²) in [6, 6.07) is 9.75. The average molecular weight is 291 g/mol. The molecule has 1 aromatic carbocycles. The molecule has 106 valence electrons. The van der Waals surface area contributed by atoms with E-state index in [4.69, 9.17) is 16.0 Å². The van der Waals surface area contributed by atoms with E-state index in [0.717, 1.165) is 24.3 Å². The van der Waals surface area contributed by atoms with Crippen molar-refractivity contribution in [1.29, 1.82) is 0 Å². The van der Waals surface area contributed by atoms with Gasteiger partial charge in [0.25, 0.3) is 0 Å². The Hall–Kier alpha value is -1.74. The van der Waals surface area contributed by atoms with E-state index in [9.17, 15) is 0 Å². The third-order valence-electron chi connectivity index (χ3n) is 3.03. The van der Waals surface area contributed by atoms with Crippen molar-refractivity contribution in [3.05, 3.63) is 46.9 Å². The van der Waals surface area contributed by atoms with Crippen LogP contribution < -0.4 is 4.90 Å². The number of halogens is 1. The molecule has 0 amide bonds. The summed E-state index contributed by atoms with van der Waals surface area (Å²) in [5.74, 6) is 0.652. The molecule has 2 rings (SSSR count). The van der Waals surface area contributed by atoms with E-state index in [0.29, 0.717) is 11.0 Å². The topological polar surface area (TPSA) is 28.7 Å². The largest absolute Gasteiger partial charge is 0.444 e. The lowest BCUT2D eigenvalue weighted by Crippen LogP contribution is -2.17. The Labute approximate surface area is 124 Å². The molecular weight excluding hydrogens is 272 g/mol. The lowest BCUT2D eigenvalue weighted by atomic mass is 10.1. The van der Waals surface area contributed by atoms with Gasteiger partial charge in [-0.1, -0.05) is 13.0 Å². The van der Waals surface area contributed by atoms with Crippen molar-refractivity contribution < 1.29 is 4.42 Å². The summed E-state index contributed by atoms with van der Waals surface area (Å²) in [6.45, 7) is 5.25. The lowest BCUT2D eigenvalue weighted by molar-refractivity contribution is 0.562. The molecule has 0 saturated heterocycles. The summed E-state index contributed by atoms with van der Waals surface area (Å²) < 4.78 is 5.28. The Balaban J connectivity index is 2.28. The maximum absolute atomic E-state index is 5.75. The van der Waals surface area contributed by atoms with Gasteiger partial charge in [-0.2, -0.15) is 0 Å². The van der Waals surface area contributed by atoms with Crippen molar-refractivity contribution in [1.82, 2.24) is 0 Å². The summed E-state index contributed by atoms with van der Waals surface area (Å²) in [5.41, 5.74) is 3.28. The fraction of sp³-hybridized carbons (Fsp3) is 0.312. The number of nitrogens with zero attached hydrogens (tertiary/aromatic N) is 2. The molecule has 4 heteroatoms. The van der Waals surface area contributed by atoms with Crippen LogP contribution in [0.1, 0.15) is 24.7 Å². The van der Waals surface area contributed by atoms with Crippen molar-refractivity contribution in [2.24, 2.45) is 4.99 Å². The van der Waals surface area contributed by atoms with Gasteiger partial charge in [0.2, 0.25) is 0 Å². The monoisotopic (exact) mass is 290 g/mol. The summed E-state index contributed by atoms with van der Waals surface area (Å²) in [5, 5.41) is 0.374. The Morgan fingerprint density at radius 3 is 2.75 bits per heavy atom. The molecule has 0 spiro atoms. The minimum absolute atomic E-state index is 0.374. The van der Waals surface area contributed by atoms with Gasteiger partial charge in [0.05, 0.1) is 17.6 Å². The zero-order valence-electron chi connectivity index (χ0n) is 12.1. The van der Waals surface area contributed by atoms with Crippen molar-refractivity contribution in [2.75, 3.05) is 18.5 Å². The van der Waals surface area contributed by atoms with Gasteiger partial charge in [-0.25, -0.2) is 0 Å². The number of anilines is 1. The zero-order valence-corrected chi connectivity index (χ0v) is 12.8. The van der Waals surface area contributed by atoms with Crippen LogP contribution in [0.15, 0.2) is 39.7 Å². The van der Waals surface area contributed by atoms with Crippen LogP contribution in [0.5, 0.6) is 0 Å². The first kappa shape index (κ1) is 14.7. The molecule has 0 N–H and O–H groups in total. The summed E-state index contributed by atoms with van der Waals surface area (Å²) in [7, 11) is 2.08. The number of hydrogen-bond donors (Lipinski definition) is 0. The summed E-state index contributed by atoms with van der Waals surface area (Å²) in [4.78, 5) is 6.73. The van der Waals surface area contributed by atoms with E-state index in [1.54, 1.807) is 18.3 Å². The summed E-state index contributed by atoms with van der Waals surface area (Å²) >= 11 is 5.75. The van der Waals surface area contributed by atoms with Gasteiger partial charge in [-0.3, -0.25) is 4.99 Å². The van der Waals surface area contributed by atoms with Crippen LogP contribution in [0.2, 0.25) is 5.22 Å². The van der Waals surface area contributed by atoms with Crippen molar-refractivity contribution in [3.8, 4) is 0 Å². The van der Waals surface area contributed by atoms with E-state index < -0.39 is 0 Å². The average Bonchev–Trinajstić information content (AvgIpc) is 2.83. The minimum Gasteiger partial charge on any atom is -0.444 e. The molecule has 0 bridgehead atoms. The van der Waals surface area contributed by atoms with Crippen LogP contribution in [0, 0.1) is 6.92 Å². The third kappa shape index (κ3) is 3.64. The highest BCUT2D eigenvalue weighted by molar-refractivity contribution is 6.28. The highest BCUT2D eigenvalue weighted by Gasteiger charge is 2.06. The van der Waals surface area contributed by atoms with Gasteiger partial charge in [0.1, 0.15) is 5.76 Å². The van der Waals surface area contributed by atoms with E-state index in [2.05, 4.69) is 42.9 Å². The Morgan fingerprint density at radius 1 is 1.30 bits per heavy atom. The van der Waals surface area contributed by atoms with Gasteiger partial charge in [0, 0.05) is 13.6 Å². The minimum atomic E-state index is 0.374. The van der Waals surface area contributed by atoms with Gasteiger partial charge >= 0.3 is 0 Å². The van der Waals surface area contributed by atoms with Crippen molar-refractivity contribution in [2.45, 2.75) is 20.3 Å². The molecule has 2 aromatic rings. The maximum atomic E-state index is 5.75. The molecule has 20 heavy (non-hydrogen) atoms. The first-order valence-corrected chi connectivity index (χ1v) is 7.09. The van der Waals surface area contributed by atoms with Crippen LogP contribution in [0.25, 0.3) is 0 Å². The second-order valence-corrected chi connectivity index (χ2v) is 5.19. The molecule has 0 atom stereocenters. The molecular formula is C16H19ClN2O. The van der Waals surface area contributed by atoms with Crippen molar-refractivity contribution in [3.63, 3.8) is 0 Å². The number of aryl methyl sites for hydroxylation is 1. The smallest absolute Gasteiger partial charge is 0.193 e.